The zero-order chi connectivity index (χ0) is 37.3. The fourth-order valence-electron chi connectivity index (χ4n) is 5.56. The molecule has 2 saturated heterocycles. The summed E-state index contributed by atoms with van der Waals surface area (Å²) in [5.74, 6) is -2.52. The summed E-state index contributed by atoms with van der Waals surface area (Å²) in [4.78, 5) is 24.7. The van der Waals surface area contributed by atoms with Crippen LogP contribution in [0, 0.1) is 0 Å². The zero-order valence-electron chi connectivity index (χ0n) is 26.8. The molecule has 17 nitrogen and oxygen atoms in total. The molecule has 2 aromatic rings. The molecule has 9 N–H and O–H groups in total. The number of aromatic hydroxyl groups is 4. The van der Waals surface area contributed by atoms with Crippen molar-refractivity contribution in [2.24, 2.45) is 0 Å². The fourth-order valence-corrected chi connectivity index (χ4v) is 5.56. The molecule has 0 unspecified atom stereocenters. The van der Waals surface area contributed by atoms with Gasteiger partial charge in [-0.3, -0.25) is 4.79 Å². The van der Waals surface area contributed by atoms with Crippen LogP contribution in [-0.4, -0.2) is 120 Å². The molecule has 3 aliphatic heterocycles. The summed E-state index contributed by atoms with van der Waals surface area (Å²) in [6.07, 6.45) is -13.0. The average Bonchev–Trinajstić information content (AvgIpc) is 3.11. The lowest BCUT2D eigenvalue weighted by Gasteiger charge is -2.44. The van der Waals surface area contributed by atoms with Gasteiger partial charge in [-0.1, -0.05) is 6.07 Å². The minimum atomic E-state index is -1.90. The van der Waals surface area contributed by atoms with Gasteiger partial charge in [0.15, 0.2) is 40.8 Å². The lowest BCUT2D eigenvalue weighted by molar-refractivity contribution is -0.345. The van der Waals surface area contributed by atoms with Crippen LogP contribution in [-0.2, 0) is 23.7 Å². The van der Waals surface area contributed by atoms with Gasteiger partial charge >= 0.3 is 5.97 Å². The monoisotopic (exact) mass is 726 g/mol. The number of benzene rings is 3. The van der Waals surface area contributed by atoms with Crippen molar-refractivity contribution in [3.05, 3.63) is 82.5 Å². The lowest BCUT2D eigenvalue weighted by Crippen LogP contribution is -2.64. The summed E-state index contributed by atoms with van der Waals surface area (Å²) in [7, 11) is 0. The standard InChI is InChI=1S/C35H34O17/c36-17-5-3-16(4-6-17)32-25(12-19-21(39)10-18(37)11-24(19)49-32)50-35-33(52-34-31(46)28(43)23(41)13-48-34)30(45)29(44)26(51-35)14-47-27(42)8-2-15-1-7-20(38)22(40)9-15/h1-12,23,26,28-31,33-36,38-41,43-46H,13-14H2/b8-2+/t23-,26-,28+,29-,30+,31-,33-,34+,35-/m1/s1. The zero-order valence-corrected chi connectivity index (χ0v) is 26.8. The molecule has 276 valence electrons. The largest absolute Gasteiger partial charge is 0.508 e. The first kappa shape index (κ1) is 36.5. The maximum absolute atomic E-state index is 12.6. The Morgan fingerprint density at radius 3 is 2.29 bits per heavy atom. The molecular weight excluding hydrogens is 692 g/mol. The van der Waals surface area contributed by atoms with E-state index < -0.39 is 91.4 Å². The highest BCUT2D eigenvalue weighted by molar-refractivity contribution is 5.87. The van der Waals surface area contributed by atoms with Crippen LogP contribution in [0.2, 0.25) is 0 Å². The number of aliphatic hydroxyl groups excluding tert-OH is 5. The summed E-state index contributed by atoms with van der Waals surface area (Å²) in [6, 6.07) is 12.8. The number of aliphatic hydroxyl groups is 5. The predicted molar refractivity (Wildman–Crippen MR) is 174 cm³/mol. The first-order valence-electron chi connectivity index (χ1n) is 15.8. The van der Waals surface area contributed by atoms with Crippen molar-refractivity contribution in [3.63, 3.8) is 0 Å². The quantitative estimate of drug-likeness (QED) is 0.0630. The number of ether oxygens (including phenoxy) is 5. The van der Waals surface area contributed by atoms with E-state index >= 15 is 0 Å². The Bertz CT molecular complexity index is 1940. The number of hydrogen-bond donors (Lipinski definition) is 9. The van der Waals surface area contributed by atoms with Crippen molar-refractivity contribution in [3.8, 4) is 51.4 Å². The summed E-state index contributed by atoms with van der Waals surface area (Å²) in [6.45, 7) is -1.12. The first-order chi connectivity index (χ1) is 24.8. The lowest BCUT2D eigenvalue weighted by atomic mass is 9.98. The Morgan fingerprint density at radius 2 is 1.56 bits per heavy atom. The summed E-state index contributed by atoms with van der Waals surface area (Å²) >= 11 is 0. The summed E-state index contributed by atoms with van der Waals surface area (Å²) in [5.41, 5.74) is 0.111. The van der Waals surface area contributed by atoms with Crippen LogP contribution >= 0.6 is 0 Å². The van der Waals surface area contributed by atoms with Gasteiger partial charge in [0.05, 0.1) is 12.2 Å². The number of carbonyl (C=O) groups is 1. The molecule has 9 atom stereocenters. The summed E-state index contributed by atoms with van der Waals surface area (Å²) < 4.78 is 34.5. The van der Waals surface area contributed by atoms with Crippen LogP contribution in [0.1, 0.15) is 5.56 Å². The molecule has 0 spiro atoms. The molecule has 0 radical (unpaired) electrons. The third-order valence-electron chi connectivity index (χ3n) is 8.37. The second-order valence-corrected chi connectivity index (χ2v) is 12.0. The third-order valence-corrected chi connectivity index (χ3v) is 8.37. The minimum absolute atomic E-state index is 0.0216. The second kappa shape index (κ2) is 15.2. The molecule has 1 aliphatic carbocycles. The highest BCUT2D eigenvalue weighted by Crippen LogP contribution is 2.42. The van der Waals surface area contributed by atoms with Gasteiger partial charge in [-0.2, -0.15) is 0 Å². The summed E-state index contributed by atoms with van der Waals surface area (Å²) in [5, 5.41) is 92.6. The van der Waals surface area contributed by atoms with Crippen LogP contribution < -0.4 is 10.2 Å². The maximum atomic E-state index is 12.6. The van der Waals surface area contributed by atoms with Crippen molar-refractivity contribution >= 4 is 12.0 Å². The molecule has 4 aliphatic rings. The maximum Gasteiger partial charge on any atom is 0.330 e. The van der Waals surface area contributed by atoms with E-state index in [4.69, 9.17) is 28.1 Å². The van der Waals surface area contributed by atoms with Crippen LogP contribution in [0.5, 0.6) is 28.7 Å². The molecule has 17 heteroatoms. The highest BCUT2D eigenvalue weighted by atomic mass is 16.8. The number of carbonyl (C=O) groups excluding carboxylic acids is 1. The van der Waals surface area contributed by atoms with E-state index in [0.717, 1.165) is 18.2 Å². The Hall–Kier alpha value is -5.24. The van der Waals surface area contributed by atoms with E-state index in [2.05, 4.69) is 0 Å². The number of esters is 1. The molecule has 3 heterocycles. The molecule has 0 amide bonds. The van der Waals surface area contributed by atoms with Gasteiger partial charge in [0.1, 0.15) is 60.5 Å². The van der Waals surface area contributed by atoms with Crippen molar-refractivity contribution < 1.29 is 78.9 Å². The van der Waals surface area contributed by atoms with Crippen molar-refractivity contribution in [2.45, 2.75) is 55.3 Å². The van der Waals surface area contributed by atoms with E-state index in [9.17, 15) is 55.5 Å². The van der Waals surface area contributed by atoms with E-state index in [1.54, 1.807) is 0 Å². The van der Waals surface area contributed by atoms with Gasteiger partial charge in [0, 0.05) is 23.8 Å². The van der Waals surface area contributed by atoms with Gasteiger partial charge in [-0.25, -0.2) is 4.79 Å². The Labute approximate surface area is 293 Å². The van der Waals surface area contributed by atoms with Gasteiger partial charge in [0.2, 0.25) is 6.29 Å². The fraction of sp³-hybridized carbons (Fsp3) is 0.314. The molecule has 2 fully saturated rings. The van der Waals surface area contributed by atoms with Crippen LogP contribution in [0.4, 0.5) is 0 Å². The van der Waals surface area contributed by atoms with Gasteiger partial charge in [0.25, 0.3) is 0 Å². The van der Waals surface area contributed by atoms with E-state index in [1.807, 2.05) is 0 Å². The number of rotatable bonds is 9. The topological polar surface area (TPSA) is 275 Å². The molecule has 2 aromatic carbocycles. The highest BCUT2D eigenvalue weighted by Gasteiger charge is 2.50. The van der Waals surface area contributed by atoms with Gasteiger partial charge in [-0.15, -0.1) is 0 Å². The van der Waals surface area contributed by atoms with Crippen LogP contribution in [0.15, 0.2) is 76.0 Å². The van der Waals surface area contributed by atoms with E-state index in [1.165, 1.54) is 54.6 Å². The normalized spacial score (nSPS) is 27.8. The number of fused-ring (bicyclic) bond motifs is 1. The first-order valence-corrected chi connectivity index (χ1v) is 15.8. The molecular formula is C35H34O17. The SMILES string of the molecule is O=C(/C=C/c1ccc(O)c(O)c1)OC[C@H]1O[C@@H](Oc2cc3c(O)cc(=O)cc-3oc2-c2ccc(O)cc2)[C@H](O[C@@H]2OC[C@@H](O)[C@H](O)[C@H]2O)[C@@H](O)[C@@H]1O. The van der Waals surface area contributed by atoms with E-state index in [-0.39, 0.29) is 34.3 Å². The third kappa shape index (κ3) is 7.81. The van der Waals surface area contributed by atoms with Crippen molar-refractivity contribution in [2.75, 3.05) is 13.2 Å². The number of phenols is 4. The van der Waals surface area contributed by atoms with Crippen molar-refractivity contribution in [1.29, 1.82) is 0 Å². The molecule has 6 rings (SSSR count). The molecule has 0 saturated carbocycles. The molecule has 52 heavy (non-hydrogen) atoms. The van der Waals surface area contributed by atoms with Crippen LogP contribution in [0.25, 0.3) is 28.7 Å². The van der Waals surface area contributed by atoms with E-state index in [0.29, 0.717) is 11.1 Å². The smallest absolute Gasteiger partial charge is 0.330 e. The van der Waals surface area contributed by atoms with Gasteiger partial charge < -0.3 is 74.1 Å². The van der Waals surface area contributed by atoms with Gasteiger partial charge in [-0.05, 0) is 54.1 Å². The Kier molecular flexibility index (Phi) is 10.7. The molecule has 0 bridgehead atoms. The number of phenolic OH excluding ortho intramolecular Hbond substituents is 4. The number of hydrogen-bond acceptors (Lipinski definition) is 17. The predicted octanol–water partition coefficient (Wildman–Crippen LogP) is 0.140. The van der Waals surface area contributed by atoms with Crippen molar-refractivity contribution in [1.82, 2.24) is 0 Å². The Balaban J connectivity index is 1.31. The van der Waals surface area contributed by atoms with Crippen LogP contribution in [0.3, 0.4) is 0 Å². The molecule has 0 aromatic heterocycles. The average molecular weight is 727 g/mol. The Morgan fingerprint density at radius 1 is 0.808 bits per heavy atom. The minimum Gasteiger partial charge on any atom is -0.508 e. The second-order valence-electron chi connectivity index (χ2n) is 12.0.